The summed E-state index contributed by atoms with van der Waals surface area (Å²) in [6, 6.07) is -0.0431. The number of nitrogens with zero attached hydrogens (tertiary/aromatic N) is 1. The Labute approximate surface area is 111 Å². The van der Waals surface area contributed by atoms with Gasteiger partial charge in [-0.05, 0) is 38.3 Å². The molecule has 0 bridgehead atoms. The second kappa shape index (κ2) is 8.48. The molecule has 1 aliphatic rings. The van der Waals surface area contributed by atoms with E-state index in [1.807, 2.05) is 0 Å². The van der Waals surface area contributed by atoms with Gasteiger partial charge in [-0.15, -0.1) is 0 Å². The molecule has 0 saturated carbocycles. The minimum absolute atomic E-state index is 0.0431. The van der Waals surface area contributed by atoms with E-state index in [-0.39, 0.29) is 12.0 Å². The van der Waals surface area contributed by atoms with E-state index >= 15 is 0 Å². The number of esters is 1. The molecule has 0 radical (unpaired) electrons. The van der Waals surface area contributed by atoms with E-state index in [1.165, 1.54) is 7.11 Å². The third kappa shape index (κ3) is 4.58. The summed E-state index contributed by atoms with van der Waals surface area (Å²) in [5.74, 6) is 0.573. The lowest BCUT2D eigenvalue weighted by molar-refractivity contribution is -0.148. The fourth-order valence-electron chi connectivity index (χ4n) is 2.65. The van der Waals surface area contributed by atoms with E-state index in [0.29, 0.717) is 5.92 Å². The molecule has 0 amide bonds. The number of unbranched alkanes of at least 4 members (excludes halogenated alkanes) is 1. The second-order valence-electron chi connectivity index (χ2n) is 5.12. The average molecular weight is 257 g/mol. The van der Waals surface area contributed by atoms with Crippen LogP contribution < -0.4 is 0 Å². The first-order chi connectivity index (χ1) is 8.72. The Hall–Kier alpha value is -0.610. The number of likely N-dealkylation sites (tertiary alicyclic amines) is 1. The second-order valence-corrected chi connectivity index (χ2v) is 5.12. The van der Waals surface area contributed by atoms with Crippen LogP contribution in [-0.4, -0.2) is 50.8 Å². The van der Waals surface area contributed by atoms with Gasteiger partial charge in [0.1, 0.15) is 6.04 Å². The maximum atomic E-state index is 11.8. The fraction of sp³-hybridized carbons (Fsp3) is 0.929. The van der Waals surface area contributed by atoms with Gasteiger partial charge in [0.15, 0.2) is 0 Å². The molecule has 1 atom stereocenters. The van der Waals surface area contributed by atoms with Gasteiger partial charge in [-0.3, -0.25) is 9.69 Å². The average Bonchev–Trinajstić information content (AvgIpc) is 2.41. The van der Waals surface area contributed by atoms with Gasteiger partial charge in [-0.25, -0.2) is 0 Å². The maximum absolute atomic E-state index is 11.8. The van der Waals surface area contributed by atoms with Gasteiger partial charge in [-0.1, -0.05) is 19.8 Å². The van der Waals surface area contributed by atoms with Gasteiger partial charge in [0.2, 0.25) is 0 Å². The lowest BCUT2D eigenvalue weighted by Gasteiger charge is -2.36. The van der Waals surface area contributed by atoms with Crippen LogP contribution in [0.1, 0.15) is 39.0 Å². The monoisotopic (exact) mass is 257 g/mol. The van der Waals surface area contributed by atoms with Crippen molar-refractivity contribution in [3.05, 3.63) is 0 Å². The minimum atomic E-state index is -0.0753. The zero-order chi connectivity index (χ0) is 13.4. The van der Waals surface area contributed by atoms with Crippen LogP contribution in [0.25, 0.3) is 0 Å². The first-order valence-corrected chi connectivity index (χ1v) is 7.03. The number of methoxy groups -OCH3 is 2. The molecule has 0 aromatic rings. The Morgan fingerprint density at radius 2 is 2.00 bits per heavy atom. The fourth-order valence-corrected chi connectivity index (χ4v) is 2.65. The molecule has 1 unspecified atom stereocenters. The van der Waals surface area contributed by atoms with E-state index in [2.05, 4.69) is 11.8 Å². The van der Waals surface area contributed by atoms with Crippen molar-refractivity contribution in [1.29, 1.82) is 0 Å². The zero-order valence-electron chi connectivity index (χ0n) is 12.0. The van der Waals surface area contributed by atoms with Crippen LogP contribution >= 0.6 is 0 Å². The molecule has 1 aliphatic heterocycles. The van der Waals surface area contributed by atoms with Crippen LogP contribution in [-0.2, 0) is 14.3 Å². The van der Waals surface area contributed by atoms with E-state index in [1.54, 1.807) is 7.11 Å². The first kappa shape index (κ1) is 15.4. The summed E-state index contributed by atoms with van der Waals surface area (Å²) in [5.41, 5.74) is 0. The van der Waals surface area contributed by atoms with Crippen molar-refractivity contribution < 1.29 is 14.3 Å². The highest BCUT2D eigenvalue weighted by Gasteiger charge is 2.29. The normalized spacial score (nSPS) is 19.7. The Kier molecular flexibility index (Phi) is 7.28. The molecule has 1 fully saturated rings. The Balaban J connectivity index is 2.46. The van der Waals surface area contributed by atoms with E-state index in [9.17, 15) is 4.79 Å². The Morgan fingerprint density at radius 3 is 2.50 bits per heavy atom. The largest absolute Gasteiger partial charge is 0.468 e. The summed E-state index contributed by atoms with van der Waals surface area (Å²) in [4.78, 5) is 14.1. The molecule has 0 N–H and O–H groups in total. The van der Waals surface area contributed by atoms with Crippen molar-refractivity contribution in [1.82, 2.24) is 4.90 Å². The van der Waals surface area contributed by atoms with Crippen LogP contribution in [0.3, 0.4) is 0 Å². The van der Waals surface area contributed by atoms with Gasteiger partial charge in [0.05, 0.1) is 7.11 Å². The highest BCUT2D eigenvalue weighted by Crippen LogP contribution is 2.21. The van der Waals surface area contributed by atoms with Gasteiger partial charge >= 0.3 is 5.97 Å². The molecule has 0 aromatic heterocycles. The number of hydrogen-bond acceptors (Lipinski definition) is 4. The van der Waals surface area contributed by atoms with Crippen LogP contribution in [0.5, 0.6) is 0 Å². The quantitative estimate of drug-likeness (QED) is 0.655. The lowest BCUT2D eigenvalue weighted by atomic mass is 9.95. The molecule has 0 aromatic carbocycles. The van der Waals surface area contributed by atoms with Crippen molar-refractivity contribution in [2.45, 2.75) is 45.1 Å². The van der Waals surface area contributed by atoms with Crippen molar-refractivity contribution >= 4 is 5.97 Å². The minimum Gasteiger partial charge on any atom is -0.468 e. The lowest BCUT2D eigenvalue weighted by Crippen LogP contribution is -2.46. The summed E-state index contributed by atoms with van der Waals surface area (Å²) in [6.07, 6.45) is 5.35. The van der Waals surface area contributed by atoms with Gasteiger partial charge < -0.3 is 9.47 Å². The van der Waals surface area contributed by atoms with Gasteiger partial charge in [0.25, 0.3) is 0 Å². The number of hydrogen-bond donors (Lipinski definition) is 0. The molecule has 0 aliphatic carbocycles. The standard InChI is InChI=1S/C14H27NO3/c1-4-5-6-13(14(16)18-3)15-9-7-12(8-10-15)11-17-2/h12-13H,4-11H2,1-3H3. The van der Waals surface area contributed by atoms with E-state index in [0.717, 1.165) is 51.8 Å². The van der Waals surface area contributed by atoms with Crippen LogP contribution in [0, 0.1) is 5.92 Å². The molecule has 1 saturated heterocycles. The molecule has 1 heterocycles. The summed E-state index contributed by atoms with van der Waals surface area (Å²) in [5, 5.41) is 0. The van der Waals surface area contributed by atoms with Crippen molar-refractivity contribution in [2.24, 2.45) is 5.92 Å². The Bertz CT molecular complexity index is 237. The molecule has 0 spiro atoms. The predicted octanol–water partition coefficient (Wildman–Crippen LogP) is 2.08. The van der Waals surface area contributed by atoms with Crippen molar-refractivity contribution in [3.63, 3.8) is 0 Å². The molecule has 4 heteroatoms. The Morgan fingerprint density at radius 1 is 1.33 bits per heavy atom. The maximum Gasteiger partial charge on any atom is 0.323 e. The number of piperidine rings is 1. The predicted molar refractivity (Wildman–Crippen MR) is 71.5 cm³/mol. The number of carbonyl (C=O) groups is 1. The number of rotatable bonds is 7. The third-order valence-electron chi connectivity index (χ3n) is 3.80. The first-order valence-electron chi connectivity index (χ1n) is 7.03. The zero-order valence-corrected chi connectivity index (χ0v) is 12.0. The molecule has 18 heavy (non-hydrogen) atoms. The topological polar surface area (TPSA) is 38.8 Å². The van der Waals surface area contributed by atoms with Crippen LogP contribution in [0.2, 0.25) is 0 Å². The van der Waals surface area contributed by atoms with E-state index < -0.39 is 0 Å². The molecule has 1 rings (SSSR count). The summed E-state index contributed by atoms with van der Waals surface area (Å²) >= 11 is 0. The molecular weight excluding hydrogens is 230 g/mol. The molecule has 4 nitrogen and oxygen atoms in total. The summed E-state index contributed by atoms with van der Waals surface area (Å²) in [7, 11) is 3.24. The molecule has 106 valence electrons. The third-order valence-corrected chi connectivity index (χ3v) is 3.80. The van der Waals surface area contributed by atoms with Crippen LogP contribution in [0.15, 0.2) is 0 Å². The highest BCUT2D eigenvalue weighted by molar-refractivity contribution is 5.75. The van der Waals surface area contributed by atoms with Crippen molar-refractivity contribution in [3.8, 4) is 0 Å². The summed E-state index contributed by atoms with van der Waals surface area (Å²) < 4.78 is 10.1. The smallest absolute Gasteiger partial charge is 0.323 e. The van der Waals surface area contributed by atoms with Crippen molar-refractivity contribution in [2.75, 3.05) is 33.9 Å². The SMILES string of the molecule is CCCCC(C(=O)OC)N1CCC(COC)CC1. The van der Waals surface area contributed by atoms with Gasteiger partial charge in [0, 0.05) is 13.7 Å². The van der Waals surface area contributed by atoms with Crippen LogP contribution in [0.4, 0.5) is 0 Å². The van der Waals surface area contributed by atoms with Gasteiger partial charge in [-0.2, -0.15) is 0 Å². The molecular formula is C14H27NO3. The number of ether oxygens (including phenoxy) is 2. The summed E-state index contributed by atoms with van der Waals surface area (Å²) in [6.45, 7) is 4.96. The number of carbonyl (C=O) groups excluding carboxylic acids is 1. The highest BCUT2D eigenvalue weighted by atomic mass is 16.5. The van der Waals surface area contributed by atoms with E-state index in [4.69, 9.17) is 9.47 Å².